The molecule has 1 aliphatic heterocycles. The second-order valence-corrected chi connectivity index (χ2v) is 12.9. The molecule has 0 spiro atoms. The van der Waals surface area contributed by atoms with Crippen molar-refractivity contribution in [3.05, 3.63) is 41.0 Å². The fourth-order valence-corrected chi connectivity index (χ4v) is 9.23. The molecule has 0 bridgehead atoms. The van der Waals surface area contributed by atoms with Crippen molar-refractivity contribution in [1.29, 1.82) is 0 Å². The summed E-state index contributed by atoms with van der Waals surface area (Å²) in [5.74, 6) is -2.36. The van der Waals surface area contributed by atoms with Crippen LogP contribution in [-0.4, -0.2) is 8.80 Å². The Hall–Kier alpha value is -1.17. The molecular formula is C24H33F5Si. The second-order valence-electron chi connectivity index (χ2n) is 9.40. The predicted octanol–water partition coefficient (Wildman–Crippen LogP) is 8.29. The molecular weight excluding hydrogens is 411 g/mol. The molecule has 1 saturated carbocycles. The van der Waals surface area contributed by atoms with Crippen LogP contribution in [0.15, 0.2) is 18.2 Å². The van der Waals surface area contributed by atoms with E-state index in [1.54, 1.807) is 0 Å². The molecule has 1 heterocycles. The molecule has 1 aromatic rings. The minimum Gasteiger partial charge on any atom is -0.206 e. The van der Waals surface area contributed by atoms with E-state index in [4.69, 9.17) is 0 Å². The highest BCUT2D eigenvalue weighted by molar-refractivity contribution is 6.58. The van der Waals surface area contributed by atoms with E-state index in [0.29, 0.717) is 17.9 Å². The molecule has 0 nitrogen and oxygen atoms in total. The lowest BCUT2D eigenvalue weighted by molar-refractivity contribution is 0.186. The van der Waals surface area contributed by atoms with Gasteiger partial charge in [-0.05, 0) is 61.1 Å². The normalized spacial score (nSPS) is 27.1. The first-order valence-corrected chi connectivity index (χ1v) is 14.0. The second kappa shape index (κ2) is 10.9. The van der Waals surface area contributed by atoms with Crippen molar-refractivity contribution in [1.82, 2.24) is 0 Å². The van der Waals surface area contributed by atoms with Gasteiger partial charge in [-0.3, -0.25) is 0 Å². The van der Waals surface area contributed by atoms with E-state index in [1.165, 1.54) is 50.2 Å². The maximum absolute atomic E-state index is 14.0. The number of benzene rings is 1. The van der Waals surface area contributed by atoms with E-state index in [0.717, 1.165) is 43.2 Å². The van der Waals surface area contributed by atoms with Crippen LogP contribution in [0, 0.1) is 29.4 Å². The van der Waals surface area contributed by atoms with Crippen LogP contribution in [0.25, 0.3) is 5.83 Å². The summed E-state index contributed by atoms with van der Waals surface area (Å²) in [5, 5.41) is 0. The summed E-state index contributed by atoms with van der Waals surface area (Å²) in [5.41, 5.74) is -0.863. The van der Waals surface area contributed by atoms with Crippen molar-refractivity contribution in [3.63, 3.8) is 0 Å². The van der Waals surface area contributed by atoms with Gasteiger partial charge in [0.15, 0.2) is 0 Å². The molecule has 3 rings (SSSR count). The Morgan fingerprint density at radius 3 is 2.00 bits per heavy atom. The van der Waals surface area contributed by atoms with Gasteiger partial charge in [0.25, 0.3) is 0 Å². The minimum absolute atomic E-state index is 0.405. The molecule has 0 aromatic heterocycles. The van der Waals surface area contributed by atoms with Crippen LogP contribution in [0.2, 0.25) is 18.1 Å². The third-order valence-corrected chi connectivity index (χ3v) is 11.2. The van der Waals surface area contributed by atoms with Crippen molar-refractivity contribution in [2.45, 2.75) is 82.8 Å². The number of hydrogen-bond acceptors (Lipinski definition) is 0. The molecule has 0 N–H and O–H groups in total. The van der Waals surface area contributed by atoms with E-state index in [2.05, 4.69) is 6.92 Å². The largest absolute Gasteiger partial charge is 0.306 e. The van der Waals surface area contributed by atoms with Gasteiger partial charge in [-0.25, -0.2) is 13.2 Å². The SMILES string of the molecule is CCC[Si@H]1CC[C@H](C2CCC(CCc3cc(F)c(C(F)=C(F)F)c(F)c3)CC2)CC1. The van der Waals surface area contributed by atoms with Gasteiger partial charge in [-0.15, -0.1) is 0 Å². The van der Waals surface area contributed by atoms with E-state index in [-0.39, 0.29) is 0 Å². The van der Waals surface area contributed by atoms with E-state index in [9.17, 15) is 22.0 Å². The van der Waals surface area contributed by atoms with Crippen molar-refractivity contribution < 1.29 is 22.0 Å². The predicted molar refractivity (Wildman–Crippen MR) is 115 cm³/mol. The molecule has 1 aliphatic carbocycles. The highest BCUT2D eigenvalue weighted by Gasteiger charge is 2.31. The molecule has 1 saturated heterocycles. The Labute approximate surface area is 178 Å². The van der Waals surface area contributed by atoms with Gasteiger partial charge >= 0.3 is 6.08 Å². The molecule has 0 radical (unpaired) electrons. The topological polar surface area (TPSA) is 0 Å². The highest BCUT2D eigenvalue weighted by atomic mass is 28.3. The molecule has 168 valence electrons. The third-order valence-electron chi connectivity index (χ3n) is 7.47. The monoisotopic (exact) mass is 444 g/mol. The lowest BCUT2D eigenvalue weighted by Gasteiger charge is -2.37. The molecule has 0 atom stereocenters. The smallest absolute Gasteiger partial charge is 0.206 e. The first-order valence-electron chi connectivity index (χ1n) is 11.6. The fraction of sp³-hybridized carbons (Fsp3) is 0.667. The molecule has 2 fully saturated rings. The molecule has 0 amide bonds. The Balaban J connectivity index is 1.47. The Morgan fingerprint density at radius 1 is 0.900 bits per heavy atom. The van der Waals surface area contributed by atoms with Crippen LogP contribution < -0.4 is 0 Å². The average molecular weight is 445 g/mol. The van der Waals surface area contributed by atoms with Gasteiger partial charge in [-0.1, -0.05) is 57.2 Å². The van der Waals surface area contributed by atoms with Gasteiger partial charge in [0.05, 0.1) is 5.56 Å². The number of halogens is 5. The third kappa shape index (κ3) is 5.95. The number of hydrogen-bond donors (Lipinski definition) is 0. The van der Waals surface area contributed by atoms with Gasteiger partial charge in [-0.2, -0.15) is 8.78 Å². The first kappa shape index (κ1) is 23.5. The Bertz CT molecular complexity index is 704. The standard InChI is InChI=1S/C24H33F5Si/c1-2-11-30-12-9-19(10-13-30)18-7-5-16(6-8-18)3-4-17-14-20(25)22(21(26)15-17)23(27)24(28)29/h14-16,18-19,30H,2-13H2,1H3/t16?,18?,19-,30-. The molecule has 2 aliphatic rings. The maximum Gasteiger partial charge on any atom is 0.306 e. The van der Waals surface area contributed by atoms with Crippen LogP contribution in [0.1, 0.15) is 69.4 Å². The van der Waals surface area contributed by atoms with Gasteiger partial charge < -0.3 is 0 Å². The summed E-state index contributed by atoms with van der Waals surface area (Å²) in [6, 6.07) is 6.53. The fourth-order valence-electron chi connectivity index (χ4n) is 5.75. The summed E-state index contributed by atoms with van der Waals surface area (Å²) in [7, 11) is -0.431. The van der Waals surface area contributed by atoms with Crippen LogP contribution >= 0.6 is 0 Å². The summed E-state index contributed by atoms with van der Waals surface area (Å²) < 4.78 is 66.0. The average Bonchev–Trinajstić information content (AvgIpc) is 2.73. The molecule has 30 heavy (non-hydrogen) atoms. The lowest BCUT2D eigenvalue weighted by Crippen LogP contribution is -2.28. The first-order chi connectivity index (χ1) is 14.4. The van der Waals surface area contributed by atoms with Gasteiger partial charge in [0.1, 0.15) is 11.6 Å². The van der Waals surface area contributed by atoms with E-state index in [1.807, 2.05) is 0 Å². The summed E-state index contributed by atoms with van der Waals surface area (Å²) in [6.07, 6.45) is 7.64. The van der Waals surface area contributed by atoms with Gasteiger partial charge in [0, 0.05) is 8.80 Å². The zero-order chi connectivity index (χ0) is 21.7. The van der Waals surface area contributed by atoms with Crippen LogP contribution in [0.4, 0.5) is 22.0 Å². The summed E-state index contributed by atoms with van der Waals surface area (Å²) >= 11 is 0. The summed E-state index contributed by atoms with van der Waals surface area (Å²) in [6.45, 7) is 2.30. The zero-order valence-electron chi connectivity index (χ0n) is 17.8. The molecule has 6 heteroatoms. The van der Waals surface area contributed by atoms with Crippen LogP contribution in [0.5, 0.6) is 0 Å². The van der Waals surface area contributed by atoms with E-state index < -0.39 is 37.9 Å². The quantitative estimate of drug-likeness (QED) is 0.293. The van der Waals surface area contributed by atoms with Crippen molar-refractivity contribution in [2.24, 2.45) is 17.8 Å². The van der Waals surface area contributed by atoms with Crippen molar-refractivity contribution in [2.75, 3.05) is 0 Å². The van der Waals surface area contributed by atoms with E-state index >= 15 is 0 Å². The maximum atomic E-state index is 14.0. The van der Waals surface area contributed by atoms with Crippen molar-refractivity contribution >= 4 is 14.6 Å². The van der Waals surface area contributed by atoms with Crippen LogP contribution in [0.3, 0.4) is 0 Å². The Morgan fingerprint density at radius 2 is 1.47 bits per heavy atom. The lowest BCUT2D eigenvalue weighted by atomic mass is 9.73. The highest BCUT2D eigenvalue weighted by Crippen LogP contribution is 2.42. The summed E-state index contributed by atoms with van der Waals surface area (Å²) in [4.78, 5) is 0. The Kier molecular flexibility index (Phi) is 8.55. The molecule has 1 aromatic carbocycles. The number of aryl methyl sites for hydroxylation is 1. The zero-order valence-corrected chi connectivity index (χ0v) is 19.0. The number of rotatable bonds is 7. The minimum atomic E-state index is -2.71. The van der Waals surface area contributed by atoms with Gasteiger partial charge in [0.2, 0.25) is 5.83 Å². The van der Waals surface area contributed by atoms with Crippen molar-refractivity contribution in [3.8, 4) is 0 Å². The van der Waals surface area contributed by atoms with Crippen LogP contribution in [-0.2, 0) is 6.42 Å². The molecule has 0 unspecified atom stereocenters.